The molecule has 66 valence electrons. The lowest BCUT2D eigenvalue weighted by Crippen LogP contribution is -2.05. The maximum absolute atomic E-state index is 8.63. The van der Waals surface area contributed by atoms with Gasteiger partial charge in [0.05, 0.1) is 0 Å². The molecule has 0 radical (unpaired) electrons. The van der Waals surface area contributed by atoms with Crippen molar-refractivity contribution < 1.29 is 5.11 Å². The van der Waals surface area contributed by atoms with Crippen molar-refractivity contribution in [2.45, 2.75) is 18.2 Å². The summed E-state index contributed by atoms with van der Waals surface area (Å²) in [5.74, 6) is 0. The van der Waals surface area contributed by atoms with Gasteiger partial charge in [0.15, 0.2) is 0 Å². The van der Waals surface area contributed by atoms with Crippen LogP contribution in [0.4, 0.5) is 0 Å². The Labute approximate surface area is 78.0 Å². The van der Waals surface area contributed by atoms with Crippen molar-refractivity contribution in [3.63, 3.8) is 0 Å². The van der Waals surface area contributed by atoms with Crippen LogP contribution in [0.2, 0.25) is 0 Å². The first-order chi connectivity index (χ1) is 5.83. The van der Waals surface area contributed by atoms with Crippen molar-refractivity contribution in [1.29, 1.82) is 0 Å². The summed E-state index contributed by atoms with van der Waals surface area (Å²) in [6.07, 6.45) is 1.50. The highest BCUT2D eigenvalue weighted by molar-refractivity contribution is 6.20. The van der Waals surface area contributed by atoms with Crippen molar-refractivity contribution >= 4 is 11.6 Å². The van der Waals surface area contributed by atoms with Crippen LogP contribution in [-0.4, -0.2) is 17.1 Å². The Kier molecular flexibility index (Phi) is 4.12. The van der Waals surface area contributed by atoms with E-state index in [1.54, 1.807) is 0 Å². The van der Waals surface area contributed by atoms with Gasteiger partial charge in [0.2, 0.25) is 0 Å². The fraction of sp³-hybridized carbons (Fsp3) is 0.400. The molecule has 0 amide bonds. The van der Waals surface area contributed by atoms with E-state index in [0.717, 1.165) is 6.42 Å². The second-order valence-electron chi connectivity index (χ2n) is 2.80. The minimum Gasteiger partial charge on any atom is -0.396 e. The molecular formula is C10H13ClO. The van der Waals surface area contributed by atoms with E-state index in [9.17, 15) is 0 Å². The Morgan fingerprint density at radius 3 is 2.50 bits per heavy atom. The largest absolute Gasteiger partial charge is 0.396 e. The predicted octanol–water partition coefficient (Wildman–Crippen LogP) is 2.22. The van der Waals surface area contributed by atoms with Gasteiger partial charge in [0, 0.05) is 12.0 Å². The average Bonchev–Trinajstić information content (AvgIpc) is 2.06. The molecule has 1 aromatic carbocycles. The summed E-state index contributed by atoms with van der Waals surface area (Å²) in [5, 5.41) is 8.68. The van der Waals surface area contributed by atoms with Gasteiger partial charge in [-0.2, -0.15) is 0 Å². The molecule has 0 fully saturated rings. The van der Waals surface area contributed by atoms with Crippen LogP contribution >= 0.6 is 11.6 Å². The molecule has 1 nitrogen and oxygen atoms in total. The van der Waals surface area contributed by atoms with Crippen LogP contribution < -0.4 is 0 Å². The van der Waals surface area contributed by atoms with Gasteiger partial charge in [-0.25, -0.2) is 0 Å². The molecule has 2 heteroatoms. The van der Waals surface area contributed by atoms with Gasteiger partial charge in [-0.3, -0.25) is 0 Å². The van der Waals surface area contributed by atoms with Crippen molar-refractivity contribution in [2.75, 3.05) is 6.61 Å². The predicted molar refractivity (Wildman–Crippen MR) is 51.5 cm³/mol. The van der Waals surface area contributed by atoms with Crippen molar-refractivity contribution in [3.05, 3.63) is 35.9 Å². The highest BCUT2D eigenvalue weighted by Crippen LogP contribution is 2.10. The number of aliphatic hydroxyl groups is 1. The van der Waals surface area contributed by atoms with E-state index in [2.05, 4.69) is 0 Å². The van der Waals surface area contributed by atoms with Crippen LogP contribution in [0.25, 0.3) is 0 Å². The van der Waals surface area contributed by atoms with Crippen molar-refractivity contribution in [1.82, 2.24) is 0 Å². The van der Waals surface area contributed by atoms with Gasteiger partial charge in [-0.15, -0.1) is 11.6 Å². The number of hydrogen-bond acceptors (Lipinski definition) is 1. The number of benzene rings is 1. The second-order valence-corrected chi connectivity index (χ2v) is 3.42. The first-order valence-corrected chi connectivity index (χ1v) is 4.55. The summed E-state index contributed by atoms with van der Waals surface area (Å²) >= 11 is 5.96. The third kappa shape index (κ3) is 3.24. The highest BCUT2D eigenvalue weighted by atomic mass is 35.5. The standard InChI is InChI=1S/C10H13ClO/c11-10(6-7-12)8-9-4-2-1-3-5-9/h1-5,10,12H,6-8H2/t10-/m1/s1. The average molecular weight is 185 g/mol. The lowest BCUT2D eigenvalue weighted by molar-refractivity contribution is 0.286. The summed E-state index contributed by atoms with van der Waals surface area (Å²) in [5.41, 5.74) is 1.23. The topological polar surface area (TPSA) is 20.2 Å². The van der Waals surface area contributed by atoms with E-state index in [0.29, 0.717) is 6.42 Å². The molecular weight excluding hydrogens is 172 g/mol. The summed E-state index contributed by atoms with van der Waals surface area (Å²) < 4.78 is 0. The SMILES string of the molecule is OCC[C@@H](Cl)Cc1ccccc1. The molecule has 1 rings (SSSR count). The number of aliphatic hydroxyl groups excluding tert-OH is 1. The van der Waals surface area contributed by atoms with E-state index < -0.39 is 0 Å². The zero-order valence-electron chi connectivity index (χ0n) is 6.91. The van der Waals surface area contributed by atoms with E-state index >= 15 is 0 Å². The van der Waals surface area contributed by atoms with E-state index in [-0.39, 0.29) is 12.0 Å². The molecule has 0 aliphatic carbocycles. The van der Waals surface area contributed by atoms with Gasteiger partial charge in [-0.1, -0.05) is 30.3 Å². The summed E-state index contributed by atoms with van der Waals surface area (Å²) in [6, 6.07) is 10.1. The Hall–Kier alpha value is -0.530. The first-order valence-electron chi connectivity index (χ1n) is 4.12. The zero-order valence-corrected chi connectivity index (χ0v) is 7.67. The fourth-order valence-corrected chi connectivity index (χ4v) is 1.39. The third-order valence-corrected chi connectivity index (χ3v) is 2.11. The van der Waals surface area contributed by atoms with E-state index in [1.165, 1.54) is 5.56 Å². The molecule has 1 N–H and O–H groups in total. The Bertz CT molecular complexity index is 210. The minimum atomic E-state index is 0.0531. The van der Waals surface area contributed by atoms with Gasteiger partial charge in [0.1, 0.15) is 0 Å². The minimum absolute atomic E-state index is 0.0531. The Balaban J connectivity index is 2.41. The molecule has 0 spiro atoms. The van der Waals surface area contributed by atoms with Crippen LogP contribution in [-0.2, 0) is 6.42 Å². The highest BCUT2D eigenvalue weighted by Gasteiger charge is 2.03. The number of hydrogen-bond donors (Lipinski definition) is 1. The molecule has 1 atom stereocenters. The lowest BCUT2D eigenvalue weighted by atomic mass is 10.1. The summed E-state index contributed by atoms with van der Waals surface area (Å²) in [6.45, 7) is 0.168. The molecule has 0 saturated heterocycles. The zero-order chi connectivity index (χ0) is 8.81. The van der Waals surface area contributed by atoms with Crippen LogP contribution in [0.3, 0.4) is 0 Å². The second kappa shape index (κ2) is 5.18. The van der Waals surface area contributed by atoms with Gasteiger partial charge < -0.3 is 5.11 Å². The number of rotatable bonds is 4. The monoisotopic (exact) mass is 184 g/mol. The third-order valence-electron chi connectivity index (χ3n) is 1.74. The quantitative estimate of drug-likeness (QED) is 0.712. The lowest BCUT2D eigenvalue weighted by Gasteiger charge is -2.06. The molecule has 0 aliphatic heterocycles. The van der Waals surface area contributed by atoms with Crippen LogP contribution in [0.5, 0.6) is 0 Å². The van der Waals surface area contributed by atoms with Gasteiger partial charge in [-0.05, 0) is 18.4 Å². The van der Waals surface area contributed by atoms with Crippen molar-refractivity contribution in [3.8, 4) is 0 Å². The smallest absolute Gasteiger partial charge is 0.0445 e. The number of alkyl halides is 1. The van der Waals surface area contributed by atoms with E-state index in [4.69, 9.17) is 16.7 Å². The Morgan fingerprint density at radius 2 is 1.92 bits per heavy atom. The molecule has 0 aliphatic rings. The molecule has 0 heterocycles. The van der Waals surface area contributed by atoms with Crippen molar-refractivity contribution in [2.24, 2.45) is 0 Å². The maximum Gasteiger partial charge on any atom is 0.0445 e. The fourth-order valence-electron chi connectivity index (χ4n) is 1.11. The molecule has 12 heavy (non-hydrogen) atoms. The maximum atomic E-state index is 8.63. The van der Waals surface area contributed by atoms with E-state index in [1.807, 2.05) is 30.3 Å². The molecule has 0 unspecified atom stereocenters. The molecule has 0 saturated carbocycles. The molecule has 0 bridgehead atoms. The molecule has 1 aromatic rings. The van der Waals surface area contributed by atoms with Crippen LogP contribution in [0, 0.1) is 0 Å². The normalized spacial score (nSPS) is 12.8. The van der Waals surface area contributed by atoms with Gasteiger partial charge in [0.25, 0.3) is 0 Å². The summed E-state index contributed by atoms with van der Waals surface area (Å²) in [4.78, 5) is 0. The summed E-state index contributed by atoms with van der Waals surface area (Å²) in [7, 11) is 0. The van der Waals surface area contributed by atoms with Crippen LogP contribution in [0.1, 0.15) is 12.0 Å². The van der Waals surface area contributed by atoms with Gasteiger partial charge >= 0.3 is 0 Å². The molecule has 0 aromatic heterocycles. The number of halogens is 1. The first kappa shape index (κ1) is 9.56. The Morgan fingerprint density at radius 1 is 1.25 bits per heavy atom. The van der Waals surface area contributed by atoms with Crippen LogP contribution in [0.15, 0.2) is 30.3 Å².